The van der Waals surface area contributed by atoms with Gasteiger partial charge < -0.3 is 23.2 Å². The molecule has 0 saturated heterocycles. The maximum atomic E-state index is 5.40. The predicted molar refractivity (Wildman–Crippen MR) is 599 cm³/mol. The lowest BCUT2D eigenvalue weighted by Gasteiger charge is -2.35. The average Bonchev–Trinajstić information content (AvgIpc) is 1.55. The summed E-state index contributed by atoms with van der Waals surface area (Å²) in [5.74, 6) is 1.94. The molecule has 0 amide bonds. The molecule has 6 aliphatic heterocycles. The van der Waals surface area contributed by atoms with Crippen LogP contribution < -0.4 is 54.1 Å². The molecule has 0 N–H and O–H groups in total. The molecule has 0 unspecified atom stereocenters. The van der Waals surface area contributed by atoms with Gasteiger partial charge in [-0.2, -0.15) is 0 Å². The molecule has 11 nitrogen and oxygen atoms in total. The standard InChI is InChI=1S/C47H33BN4.C45H31BN4.C37H22BN3/c1-26-13-16-39-32(19-26)33-20-27(2)14-17-40(33)50(39)31-24-42-44-43(25-31)52-46-36(11-8-12-38(46)49-47(52)30-9-6-5-7-10-30)48(44)37-23-29(4)22-35-34-21-28(3)15-18-41(34)51(42)45(35)37;1-28-21-22-39-34(23-28)35-24-29(2)25-37-43(35)49(39)40-26-33(48(31-15-8-4-9-16-31)32-17-10-5-11-18-32)27-41-42(40)46(37)36-19-12-20-38-44(36)50(41)45(47-38)30-13-6-3-7-14-30;1-3-9-23(10-4-1)25-17-18-32-27(19-25)28-20-26(24-11-5-2-6-12-24)21-30-36(28)41(32)34-16-8-15-33-35(34)38(30)29-13-7-14-31-37(29)40(33)22-39-31/h5-25H,1-4H3;3-27H,1-2H3;1-22H. The highest BCUT2D eigenvalue weighted by atomic mass is 15.2. The van der Waals surface area contributed by atoms with Gasteiger partial charge in [0.25, 0.3) is 20.1 Å². The van der Waals surface area contributed by atoms with Crippen LogP contribution in [0.25, 0.3) is 205 Å². The normalized spacial score (nSPS) is 12.8. The zero-order valence-corrected chi connectivity index (χ0v) is 79.4. The second kappa shape index (κ2) is 29.8. The molecule has 0 radical (unpaired) electrons. The summed E-state index contributed by atoms with van der Waals surface area (Å²) in [7, 11) is 0. The third-order valence-electron chi connectivity index (χ3n) is 31.7. The minimum Gasteiger partial charge on any atom is -0.310 e. The summed E-state index contributed by atoms with van der Waals surface area (Å²) < 4.78 is 17.3. The minimum atomic E-state index is 0.0628. The number of rotatable bonds is 8. The van der Waals surface area contributed by atoms with E-state index in [-0.39, 0.29) is 20.1 Å². The van der Waals surface area contributed by atoms with E-state index in [0.717, 1.165) is 62.1 Å². The Hall–Kier alpha value is -18.0. The molecule has 14 heteroatoms. The fraction of sp³-hybridized carbons (Fsp3) is 0.0465. The zero-order chi connectivity index (χ0) is 94.3. The fourth-order valence-electron chi connectivity index (χ4n) is 26.0. The lowest BCUT2D eigenvalue weighted by molar-refractivity contribution is 1.07. The lowest BCUT2D eigenvalue weighted by Crippen LogP contribution is -2.59. The van der Waals surface area contributed by atoms with Crippen molar-refractivity contribution in [3.05, 3.63) is 446 Å². The van der Waals surface area contributed by atoms with Crippen LogP contribution in [0.2, 0.25) is 0 Å². The maximum absolute atomic E-state index is 5.40. The summed E-state index contributed by atoms with van der Waals surface area (Å²) in [5, 5.41) is 10.4. The number of hydrogen-bond acceptors (Lipinski definition) is 4. The van der Waals surface area contributed by atoms with Crippen molar-refractivity contribution >= 4 is 207 Å². The number of benzene rings is 20. The van der Waals surface area contributed by atoms with Crippen LogP contribution in [-0.2, 0) is 0 Å². The van der Waals surface area contributed by atoms with Crippen molar-refractivity contribution in [2.24, 2.45) is 0 Å². The second-order valence-corrected chi connectivity index (χ2v) is 40.2. The number of para-hydroxylation sites is 5. The van der Waals surface area contributed by atoms with E-state index in [1.807, 2.05) is 6.33 Å². The molecule has 0 aliphatic carbocycles. The highest BCUT2D eigenvalue weighted by Crippen LogP contribution is 2.48. The summed E-state index contributed by atoms with van der Waals surface area (Å²) in [6.07, 6.45) is 1.99. The van der Waals surface area contributed by atoms with Gasteiger partial charge in [-0.1, -0.05) is 282 Å². The Labute approximate surface area is 825 Å². The van der Waals surface area contributed by atoms with Gasteiger partial charge in [-0.15, -0.1) is 0 Å². The monoisotopic (exact) mass is 1820 g/mol. The van der Waals surface area contributed by atoms with Crippen LogP contribution >= 0.6 is 0 Å². The molecule has 27 aromatic rings. The third kappa shape index (κ3) is 11.3. The minimum absolute atomic E-state index is 0.0628. The maximum Gasteiger partial charge on any atom is 0.252 e. The SMILES string of the molecule is Cc1ccc2c(c1)c1cc(C)cc3c1n2-c1cc(N(c2ccccc2)c2ccccc2)cc2c1B3c1cccc3nc(-c4ccccc4)n-2c13.Cc1ccc2c(c1)c1cc(C)ccc1n2-c1cc2c3c(c1)-n1c4ccc(C)cc4c4cc(C)cc(c41)B3c1cccc3nc(-c4ccccc4)n-2c13.c1ccc(-c2ccc3c(c2)c2cc(-c4ccccc4)cc4c2n3-c2cccc3c2B4c2cccc4ncn-3c24)cc1. The van der Waals surface area contributed by atoms with Crippen LogP contribution in [-0.4, -0.2) is 67.1 Å². The van der Waals surface area contributed by atoms with Crippen LogP contribution in [0.15, 0.2) is 413 Å². The summed E-state index contributed by atoms with van der Waals surface area (Å²) in [5.41, 5.74) is 55.5. The smallest absolute Gasteiger partial charge is 0.252 e. The van der Waals surface area contributed by atoms with Gasteiger partial charge in [0.05, 0.1) is 72.1 Å². The summed E-state index contributed by atoms with van der Waals surface area (Å²) in [6.45, 7) is 13.5. The van der Waals surface area contributed by atoms with Crippen LogP contribution in [0.3, 0.4) is 0 Å². The molecule has 666 valence electrons. The Morgan fingerprint density at radius 3 is 1.05 bits per heavy atom. The zero-order valence-electron chi connectivity index (χ0n) is 79.4. The molecule has 6 aliphatic rings. The van der Waals surface area contributed by atoms with Crippen molar-refractivity contribution < 1.29 is 0 Å². The number of imidazole rings is 3. The quantitative estimate of drug-likeness (QED) is 0.142. The molecule has 0 atom stereocenters. The molecule has 0 saturated carbocycles. The number of anilines is 3. The van der Waals surface area contributed by atoms with Crippen molar-refractivity contribution in [3.63, 3.8) is 0 Å². The van der Waals surface area contributed by atoms with Gasteiger partial charge in [0.15, 0.2) is 0 Å². The van der Waals surface area contributed by atoms with E-state index in [9.17, 15) is 0 Å². The fourth-order valence-corrected chi connectivity index (χ4v) is 26.0. The Morgan fingerprint density at radius 2 is 0.559 bits per heavy atom. The summed E-state index contributed by atoms with van der Waals surface area (Å²) in [4.78, 5) is 18.0. The van der Waals surface area contributed by atoms with E-state index >= 15 is 0 Å². The van der Waals surface area contributed by atoms with Crippen molar-refractivity contribution in [2.45, 2.75) is 41.5 Å². The molecular weight excluding hydrogens is 1740 g/mol. The second-order valence-electron chi connectivity index (χ2n) is 40.2. The van der Waals surface area contributed by atoms with E-state index in [0.29, 0.717) is 0 Å². The van der Waals surface area contributed by atoms with Gasteiger partial charge in [-0.25, -0.2) is 15.0 Å². The number of nitrogens with zero attached hydrogens (tertiary/aromatic N) is 11. The van der Waals surface area contributed by atoms with Crippen molar-refractivity contribution in [1.82, 2.24) is 46.9 Å². The van der Waals surface area contributed by atoms with E-state index in [1.54, 1.807) is 0 Å². The molecule has 13 heterocycles. The van der Waals surface area contributed by atoms with Crippen molar-refractivity contribution in [2.75, 3.05) is 4.90 Å². The Morgan fingerprint density at radius 1 is 0.210 bits per heavy atom. The third-order valence-corrected chi connectivity index (χ3v) is 31.7. The Kier molecular flexibility index (Phi) is 16.7. The largest absolute Gasteiger partial charge is 0.310 e. The van der Waals surface area contributed by atoms with Crippen molar-refractivity contribution in [1.29, 1.82) is 0 Å². The van der Waals surface area contributed by atoms with Crippen LogP contribution in [0.5, 0.6) is 0 Å². The molecule has 0 spiro atoms. The first-order valence-electron chi connectivity index (χ1n) is 49.8. The van der Waals surface area contributed by atoms with E-state index < -0.39 is 0 Å². The number of aromatic nitrogens is 10. The molecule has 7 aromatic heterocycles. The summed E-state index contributed by atoms with van der Waals surface area (Å²) in [6, 6.07) is 150. The highest BCUT2D eigenvalue weighted by molar-refractivity contribution is 7.02. The first-order chi connectivity index (χ1) is 70.4. The molecule has 20 aromatic carbocycles. The van der Waals surface area contributed by atoms with Crippen molar-refractivity contribution in [3.8, 4) is 84.8 Å². The van der Waals surface area contributed by atoms with Gasteiger partial charge in [0, 0.05) is 116 Å². The van der Waals surface area contributed by atoms with Gasteiger partial charge >= 0.3 is 0 Å². The van der Waals surface area contributed by atoms with Gasteiger partial charge in [0.2, 0.25) is 0 Å². The number of hydrogen-bond donors (Lipinski definition) is 0. The van der Waals surface area contributed by atoms with E-state index in [4.69, 9.17) is 15.0 Å². The van der Waals surface area contributed by atoms with Crippen LogP contribution in [0.1, 0.15) is 33.4 Å². The Balaban J connectivity index is 0.0000000988. The van der Waals surface area contributed by atoms with E-state index in [2.05, 4.69) is 485 Å². The van der Waals surface area contributed by atoms with Crippen LogP contribution in [0.4, 0.5) is 17.1 Å². The molecule has 0 fully saturated rings. The molecular formula is C129H86B3N11. The predicted octanol–water partition coefficient (Wildman–Crippen LogP) is 24.9. The number of fused-ring (bicyclic) bond motifs is 24. The lowest BCUT2D eigenvalue weighted by atomic mass is 9.34. The molecule has 143 heavy (non-hydrogen) atoms. The molecule has 0 bridgehead atoms. The Bertz CT molecular complexity index is 10200. The summed E-state index contributed by atoms with van der Waals surface area (Å²) >= 11 is 0. The van der Waals surface area contributed by atoms with Gasteiger partial charge in [-0.3, -0.25) is 13.7 Å². The first-order valence-corrected chi connectivity index (χ1v) is 49.8. The van der Waals surface area contributed by atoms with Gasteiger partial charge in [-0.05, 0) is 271 Å². The highest BCUT2D eigenvalue weighted by Gasteiger charge is 2.47. The number of aryl methyl sites for hydroxylation is 6. The van der Waals surface area contributed by atoms with Crippen LogP contribution in [0, 0.1) is 41.5 Å². The first kappa shape index (κ1) is 80.0. The topological polar surface area (TPSA) is 76.4 Å². The van der Waals surface area contributed by atoms with E-state index in [1.165, 1.54) is 243 Å². The average molecular weight is 1820 g/mol. The van der Waals surface area contributed by atoms with Gasteiger partial charge in [0.1, 0.15) is 18.0 Å². The molecule has 33 rings (SSSR count).